The fourth-order valence-electron chi connectivity index (χ4n) is 3.18. The summed E-state index contributed by atoms with van der Waals surface area (Å²) in [5, 5.41) is 3.50. The van der Waals surface area contributed by atoms with Gasteiger partial charge in [0.2, 0.25) is 0 Å². The van der Waals surface area contributed by atoms with Gasteiger partial charge < -0.3 is 14.8 Å². The molecule has 2 aromatic rings. The molecule has 0 aliphatic heterocycles. The van der Waals surface area contributed by atoms with E-state index in [4.69, 9.17) is 21.1 Å². The quantitative estimate of drug-likeness (QED) is 0.765. The highest BCUT2D eigenvalue weighted by molar-refractivity contribution is 6.30. The number of carbonyl (C=O) groups is 2. The molecular weight excluding hydrogens is 366 g/mol. The Morgan fingerprint density at radius 2 is 2.04 bits per heavy atom. The van der Waals surface area contributed by atoms with E-state index >= 15 is 0 Å². The molecule has 0 radical (unpaired) electrons. The largest absolute Gasteiger partial charge is 0.482 e. The molecule has 0 saturated carbocycles. The first-order valence-electron chi connectivity index (χ1n) is 8.99. The third kappa shape index (κ3) is 5.23. The number of hydrogen-bond donors (Lipinski definition) is 1. The Kier molecular flexibility index (Phi) is 6.35. The molecule has 5 nitrogen and oxygen atoms in total. The van der Waals surface area contributed by atoms with Gasteiger partial charge in [0.1, 0.15) is 5.75 Å². The molecule has 1 amide bonds. The van der Waals surface area contributed by atoms with Gasteiger partial charge in [-0.25, -0.2) is 4.79 Å². The zero-order valence-electron chi connectivity index (χ0n) is 15.1. The average molecular weight is 388 g/mol. The van der Waals surface area contributed by atoms with E-state index in [0.29, 0.717) is 10.8 Å². The van der Waals surface area contributed by atoms with Crippen LogP contribution >= 0.6 is 11.6 Å². The van der Waals surface area contributed by atoms with Crippen molar-refractivity contribution in [2.24, 2.45) is 0 Å². The molecule has 0 aromatic heterocycles. The van der Waals surface area contributed by atoms with Gasteiger partial charge in [0.25, 0.3) is 5.91 Å². The fourth-order valence-corrected chi connectivity index (χ4v) is 3.36. The number of halogens is 1. The van der Waals surface area contributed by atoms with Gasteiger partial charge in [-0.2, -0.15) is 0 Å². The van der Waals surface area contributed by atoms with E-state index in [1.165, 1.54) is 5.56 Å². The van der Waals surface area contributed by atoms with Gasteiger partial charge >= 0.3 is 5.97 Å². The summed E-state index contributed by atoms with van der Waals surface area (Å²) >= 11 is 5.87. The van der Waals surface area contributed by atoms with Crippen LogP contribution < -0.4 is 10.1 Å². The van der Waals surface area contributed by atoms with E-state index in [2.05, 4.69) is 11.4 Å². The van der Waals surface area contributed by atoms with Crippen molar-refractivity contribution in [3.63, 3.8) is 0 Å². The van der Waals surface area contributed by atoms with Crippen molar-refractivity contribution >= 4 is 23.5 Å². The number of benzene rings is 2. The number of rotatable bonds is 6. The van der Waals surface area contributed by atoms with E-state index in [-0.39, 0.29) is 18.6 Å². The van der Waals surface area contributed by atoms with Crippen molar-refractivity contribution in [2.75, 3.05) is 6.61 Å². The van der Waals surface area contributed by atoms with Crippen molar-refractivity contribution in [3.05, 3.63) is 64.7 Å². The maximum absolute atomic E-state index is 12.4. The molecule has 142 valence electrons. The third-order valence-electron chi connectivity index (χ3n) is 4.52. The first-order chi connectivity index (χ1) is 13.0. The minimum Gasteiger partial charge on any atom is -0.482 e. The minimum atomic E-state index is -0.894. The maximum atomic E-state index is 12.4. The van der Waals surface area contributed by atoms with E-state index in [1.807, 2.05) is 18.2 Å². The average Bonchev–Trinajstić information content (AvgIpc) is 2.66. The molecule has 0 spiro atoms. The number of ether oxygens (including phenoxy) is 2. The summed E-state index contributed by atoms with van der Waals surface area (Å²) in [6.45, 7) is 1.27. The fraction of sp³-hybridized carbons (Fsp3) is 0.333. The van der Waals surface area contributed by atoms with Crippen molar-refractivity contribution < 1.29 is 19.1 Å². The number of fused-ring (bicyclic) bond motifs is 1. The molecule has 2 atom stereocenters. The van der Waals surface area contributed by atoms with E-state index in [1.54, 1.807) is 31.2 Å². The van der Waals surface area contributed by atoms with Gasteiger partial charge in [0.15, 0.2) is 12.7 Å². The molecule has 0 heterocycles. The lowest BCUT2D eigenvalue weighted by molar-refractivity contribution is -0.156. The molecule has 27 heavy (non-hydrogen) atoms. The maximum Gasteiger partial charge on any atom is 0.344 e. The Balaban J connectivity index is 1.50. The standard InChI is InChI=1S/C21H22ClNO4/c1-14(27-20(24)13-26-17-9-5-8-16(22)12-17)21(25)23-19-11-4-7-15-6-2-3-10-18(15)19/h2-3,5-6,8-10,12,14,19H,4,7,11,13H2,1H3,(H,23,25)/t14-,19-/m0/s1. The van der Waals surface area contributed by atoms with Crippen LogP contribution in [0.1, 0.15) is 36.9 Å². The normalized spacial score (nSPS) is 16.7. The van der Waals surface area contributed by atoms with Crippen LogP contribution in [-0.4, -0.2) is 24.6 Å². The summed E-state index contributed by atoms with van der Waals surface area (Å²) in [5.41, 5.74) is 2.40. The molecule has 1 N–H and O–H groups in total. The number of esters is 1. The summed E-state index contributed by atoms with van der Waals surface area (Å²) in [4.78, 5) is 24.4. The van der Waals surface area contributed by atoms with E-state index in [9.17, 15) is 9.59 Å². The van der Waals surface area contributed by atoms with Gasteiger partial charge in [-0.1, -0.05) is 41.9 Å². The second kappa shape index (κ2) is 8.91. The highest BCUT2D eigenvalue weighted by Crippen LogP contribution is 2.29. The Morgan fingerprint density at radius 1 is 1.22 bits per heavy atom. The number of hydrogen-bond acceptors (Lipinski definition) is 4. The van der Waals surface area contributed by atoms with Crippen LogP contribution in [0.5, 0.6) is 5.75 Å². The monoisotopic (exact) mass is 387 g/mol. The molecule has 0 unspecified atom stereocenters. The van der Waals surface area contributed by atoms with Gasteiger partial charge in [0, 0.05) is 5.02 Å². The second-order valence-electron chi connectivity index (χ2n) is 6.53. The van der Waals surface area contributed by atoms with Crippen molar-refractivity contribution in [2.45, 2.75) is 38.3 Å². The summed E-state index contributed by atoms with van der Waals surface area (Å²) in [7, 11) is 0. The highest BCUT2D eigenvalue weighted by atomic mass is 35.5. The zero-order valence-corrected chi connectivity index (χ0v) is 15.9. The Bertz CT molecular complexity index is 823. The smallest absolute Gasteiger partial charge is 0.344 e. The SMILES string of the molecule is C[C@H](OC(=O)COc1cccc(Cl)c1)C(=O)N[C@H]1CCCc2ccccc21. The summed E-state index contributed by atoms with van der Waals surface area (Å²) in [6, 6.07) is 14.8. The van der Waals surface area contributed by atoms with Gasteiger partial charge in [-0.05, 0) is 55.5 Å². The predicted octanol–water partition coefficient (Wildman–Crippen LogP) is 3.84. The Labute approximate surface area is 163 Å². The van der Waals surface area contributed by atoms with Crippen LogP contribution in [0, 0.1) is 0 Å². The number of aryl methyl sites for hydroxylation is 1. The minimum absolute atomic E-state index is 0.0497. The molecule has 0 bridgehead atoms. The Morgan fingerprint density at radius 3 is 2.85 bits per heavy atom. The molecule has 1 aliphatic rings. The summed E-state index contributed by atoms with van der Waals surface area (Å²) in [5.74, 6) is -0.454. The topological polar surface area (TPSA) is 64.6 Å². The highest BCUT2D eigenvalue weighted by Gasteiger charge is 2.25. The van der Waals surface area contributed by atoms with Gasteiger partial charge in [-0.3, -0.25) is 4.79 Å². The molecule has 0 fully saturated rings. The lowest BCUT2D eigenvalue weighted by Gasteiger charge is -2.27. The van der Waals surface area contributed by atoms with Gasteiger partial charge in [0.05, 0.1) is 6.04 Å². The first-order valence-corrected chi connectivity index (χ1v) is 9.37. The summed E-state index contributed by atoms with van der Waals surface area (Å²) in [6.07, 6.45) is 2.02. The van der Waals surface area contributed by atoms with Crippen molar-refractivity contribution in [1.82, 2.24) is 5.32 Å². The third-order valence-corrected chi connectivity index (χ3v) is 4.75. The first kappa shape index (κ1) is 19.2. The van der Waals surface area contributed by atoms with Crippen LogP contribution in [-0.2, 0) is 20.7 Å². The molecule has 1 aliphatic carbocycles. The lowest BCUT2D eigenvalue weighted by Crippen LogP contribution is -2.39. The molecule has 6 heteroatoms. The van der Waals surface area contributed by atoms with Crippen LogP contribution in [0.3, 0.4) is 0 Å². The van der Waals surface area contributed by atoms with Crippen LogP contribution in [0.15, 0.2) is 48.5 Å². The zero-order chi connectivity index (χ0) is 19.2. The predicted molar refractivity (Wildman–Crippen MR) is 103 cm³/mol. The number of carbonyl (C=O) groups excluding carboxylic acids is 2. The summed E-state index contributed by atoms with van der Waals surface area (Å²) < 4.78 is 10.5. The van der Waals surface area contributed by atoms with Crippen LogP contribution in [0.2, 0.25) is 5.02 Å². The number of nitrogens with one attached hydrogen (secondary N) is 1. The lowest BCUT2D eigenvalue weighted by atomic mass is 9.87. The Hall–Kier alpha value is -2.53. The van der Waals surface area contributed by atoms with Crippen LogP contribution in [0.4, 0.5) is 0 Å². The van der Waals surface area contributed by atoms with Crippen molar-refractivity contribution in [1.29, 1.82) is 0 Å². The van der Waals surface area contributed by atoms with E-state index in [0.717, 1.165) is 24.8 Å². The van der Waals surface area contributed by atoms with Crippen molar-refractivity contribution in [3.8, 4) is 5.75 Å². The van der Waals surface area contributed by atoms with E-state index < -0.39 is 12.1 Å². The van der Waals surface area contributed by atoms with Crippen LogP contribution in [0.25, 0.3) is 0 Å². The number of amides is 1. The molecule has 0 saturated heterocycles. The molecule has 3 rings (SSSR count). The second-order valence-corrected chi connectivity index (χ2v) is 6.97. The molecule has 2 aromatic carbocycles. The molecular formula is C21H22ClNO4. The van der Waals surface area contributed by atoms with Gasteiger partial charge in [-0.15, -0.1) is 0 Å².